The summed E-state index contributed by atoms with van der Waals surface area (Å²) in [4.78, 5) is 11.7. The maximum absolute atomic E-state index is 11.7. The molecule has 2 aromatic rings. The summed E-state index contributed by atoms with van der Waals surface area (Å²) in [6.07, 6.45) is 0. The number of hydrogen-bond acceptors (Lipinski definition) is 5. The van der Waals surface area contributed by atoms with Crippen LogP contribution in [0, 0.1) is 6.92 Å². The lowest BCUT2D eigenvalue weighted by atomic mass is 10.2. The normalized spacial score (nSPS) is 10.5. The van der Waals surface area contributed by atoms with E-state index in [1.54, 1.807) is 13.8 Å². The highest BCUT2D eigenvalue weighted by atomic mass is 16.5. The van der Waals surface area contributed by atoms with Gasteiger partial charge in [-0.2, -0.15) is 0 Å². The number of aromatic nitrogens is 1. The average molecular weight is 274 g/mol. The average Bonchev–Trinajstić information content (AvgIpc) is 2.82. The standard InChI is InChI=1S/C15H18N2O3/c1-3-19-15(18)14-13(11(2)20-17-14)10-16-9-12-7-5-4-6-8-12/h4-8,16H,3,9-10H2,1-2H3. The molecular formula is C15H18N2O3. The van der Waals surface area contributed by atoms with Crippen molar-refractivity contribution in [3.05, 3.63) is 52.9 Å². The molecule has 20 heavy (non-hydrogen) atoms. The Hall–Kier alpha value is -2.14. The van der Waals surface area contributed by atoms with Gasteiger partial charge >= 0.3 is 5.97 Å². The van der Waals surface area contributed by atoms with Crippen molar-refractivity contribution in [2.75, 3.05) is 6.61 Å². The molecule has 0 atom stereocenters. The Morgan fingerprint density at radius 2 is 2.05 bits per heavy atom. The van der Waals surface area contributed by atoms with Crippen molar-refractivity contribution in [2.24, 2.45) is 0 Å². The van der Waals surface area contributed by atoms with Crippen molar-refractivity contribution >= 4 is 5.97 Å². The summed E-state index contributed by atoms with van der Waals surface area (Å²) in [7, 11) is 0. The molecule has 0 aliphatic heterocycles. The molecule has 5 nitrogen and oxygen atoms in total. The Morgan fingerprint density at radius 1 is 1.30 bits per heavy atom. The number of carbonyl (C=O) groups is 1. The Morgan fingerprint density at radius 3 is 2.75 bits per heavy atom. The van der Waals surface area contributed by atoms with Gasteiger partial charge in [0.25, 0.3) is 0 Å². The summed E-state index contributed by atoms with van der Waals surface area (Å²) < 4.78 is 10.0. The molecule has 0 bridgehead atoms. The molecule has 0 radical (unpaired) electrons. The fourth-order valence-corrected chi connectivity index (χ4v) is 1.89. The minimum Gasteiger partial charge on any atom is -0.461 e. The zero-order valence-corrected chi connectivity index (χ0v) is 11.7. The maximum Gasteiger partial charge on any atom is 0.360 e. The molecule has 1 heterocycles. The first kappa shape index (κ1) is 14.3. The van der Waals surface area contributed by atoms with Gasteiger partial charge in [0.15, 0.2) is 5.69 Å². The molecule has 1 N–H and O–H groups in total. The van der Waals surface area contributed by atoms with Crippen LogP contribution in [0.15, 0.2) is 34.9 Å². The summed E-state index contributed by atoms with van der Waals surface area (Å²) in [6.45, 7) is 5.10. The number of rotatable bonds is 6. The Bertz CT molecular complexity index is 564. The van der Waals surface area contributed by atoms with Gasteiger partial charge in [-0.1, -0.05) is 35.5 Å². The molecule has 2 rings (SSSR count). The van der Waals surface area contributed by atoms with Gasteiger partial charge in [0.1, 0.15) is 5.76 Å². The van der Waals surface area contributed by atoms with E-state index in [0.29, 0.717) is 25.5 Å². The first-order valence-electron chi connectivity index (χ1n) is 6.59. The van der Waals surface area contributed by atoms with Gasteiger partial charge in [-0.05, 0) is 19.4 Å². The summed E-state index contributed by atoms with van der Waals surface area (Å²) in [5, 5.41) is 7.04. The van der Waals surface area contributed by atoms with Crippen LogP contribution in [0.25, 0.3) is 0 Å². The van der Waals surface area contributed by atoms with Crippen molar-refractivity contribution in [1.29, 1.82) is 0 Å². The third-order valence-electron chi connectivity index (χ3n) is 2.93. The van der Waals surface area contributed by atoms with Gasteiger partial charge in [0.2, 0.25) is 0 Å². The number of ether oxygens (including phenoxy) is 1. The van der Waals surface area contributed by atoms with Gasteiger partial charge in [0.05, 0.1) is 6.61 Å². The predicted octanol–water partition coefficient (Wildman–Crippen LogP) is 2.45. The molecular weight excluding hydrogens is 256 g/mol. The fraction of sp³-hybridized carbons (Fsp3) is 0.333. The van der Waals surface area contributed by atoms with E-state index in [4.69, 9.17) is 9.26 Å². The van der Waals surface area contributed by atoms with Gasteiger partial charge in [-0.15, -0.1) is 0 Å². The van der Waals surface area contributed by atoms with Gasteiger partial charge in [0, 0.05) is 18.7 Å². The quantitative estimate of drug-likeness (QED) is 0.820. The molecule has 0 aliphatic carbocycles. The fourth-order valence-electron chi connectivity index (χ4n) is 1.89. The third-order valence-corrected chi connectivity index (χ3v) is 2.93. The van der Waals surface area contributed by atoms with Gasteiger partial charge < -0.3 is 14.6 Å². The number of hydrogen-bond donors (Lipinski definition) is 1. The number of nitrogens with zero attached hydrogens (tertiary/aromatic N) is 1. The molecule has 0 aliphatic rings. The molecule has 5 heteroatoms. The number of aryl methyl sites for hydroxylation is 1. The van der Waals surface area contributed by atoms with E-state index < -0.39 is 5.97 Å². The second kappa shape index (κ2) is 6.86. The lowest BCUT2D eigenvalue weighted by molar-refractivity contribution is 0.0513. The van der Waals surface area contributed by atoms with E-state index in [1.807, 2.05) is 30.3 Å². The van der Waals surface area contributed by atoms with Gasteiger partial charge in [-0.3, -0.25) is 0 Å². The maximum atomic E-state index is 11.7. The van der Waals surface area contributed by atoms with Crippen LogP contribution < -0.4 is 5.32 Å². The second-order valence-corrected chi connectivity index (χ2v) is 4.38. The number of carbonyl (C=O) groups excluding carboxylic acids is 1. The summed E-state index contributed by atoms with van der Waals surface area (Å²) in [5.74, 6) is 0.189. The molecule has 1 aromatic carbocycles. The van der Waals surface area contributed by atoms with Crippen molar-refractivity contribution < 1.29 is 14.1 Å². The second-order valence-electron chi connectivity index (χ2n) is 4.38. The molecule has 0 saturated heterocycles. The zero-order chi connectivity index (χ0) is 14.4. The zero-order valence-electron chi connectivity index (χ0n) is 11.7. The van der Waals surface area contributed by atoms with Crippen LogP contribution >= 0.6 is 0 Å². The van der Waals surface area contributed by atoms with Crippen molar-refractivity contribution in [2.45, 2.75) is 26.9 Å². The predicted molar refractivity (Wildman–Crippen MR) is 74.2 cm³/mol. The van der Waals surface area contributed by atoms with Crippen LogP contribution in [0.2, 0.25) is 0 Å². The minimum absolute atomic E-state index is 0.255. The van der Waals surface area contributed by atoms with Crippen LogP contribution in [0.3, 0.4) is 0 Å². The van der Waals surface area contributed by atoms with Crippen LogP contribution in [0.4, 0.5) is 0 Å². The minimum atomic E-state index is -0.444. The summed E-state index contributed by atoms with van der Waals surface area (Å²) in [6, 6.07) is 10.0. The Balaban J connectivity index is 1.99. The van der Waals surface area contributed by atoms with Crippen molar-refractivity contribution in [3.8, 4) is 0 Å². The van der Waals surface area contributed by atoms with Crippen LogP contribution in [0.1, 0.15) is 34.3 Å². The lowest BCUT2D eigenvalue weighted by Gasteiger charge is -2.05. The number of benzene rings is 1. The molecule has 0 fully saturated rings. The van der Waals surface area contributed by atoms with E-state index in [0.717, 1.165) is 5.56 Å². The topological polar surface area (TPSA) is 64.4 Å². The molecule has 0 amide bonds. The van der Waals surface area contributed by atoms with E-state index in [-0.39, 0.29) is 5.69 Å². The number of esters is 1. The molecule has 0 saturated carbocycles. The molecule has 1 aromatic heterocycles. The summed E-state index contributed by atoms with van der Waals surface area (Å²) in [5.41, 5.74) is 2.18. The molecule has 106 valence electrons. The van der Waals surface area contributed by atoms with Crippen LogP contribution in [-0.4, -0.2) is 17.7 Å². The Kier molecular flexibility index (Phi) is 4.90. The van der Waals surface area contributed by atoms with E-state index >= 15 is 0 Å². The van der Waals surface area contributed by atoms with Gasteiger partial charge in [-0.25, -0.2) is 4.79 Å². The highest BCUT2D eigenvalue weighted by Crippen LogP contribution is 2.14. The first-order chi connectivity index (χ1) is 9.72. The molecule has 0 unspecified atom stereocenters. The smallest absolute Gasteiger partial charge is 0.360 e. The van der Waals surface area contributed by atoms with Crippen molar-refractivity contribution in [1.82, 2.24) is 10.5 Å². The SMILES string of the molecule is CCOC(=O)c1noc(C)c1CNCc1ccccc1. The van der Waals surface area contributed by atoms with Crippen LogP contribution in [-0.2, 0) is 17.8 Å². The summed E-state index contributed by atoms with van der Waals surface area (Å²) >= 11 is 0. The monoisotopic (exact) mass is 274 g/mol. The third kappa shape index (κ3) is 3.45. The molecule has 0 spiro atoms. The largest absolute Gasteiger partial charge is 0.461 e. The van der Waals surface area contributed by atoms with Crippen molar-refractivity contribution in [3.63, 3.8) is 0 Å². The van der Waals surface area contributed by atoms with E-state index in [1.165, 1.54) is 5.56 Å². The number of nitrogens with one attached hydrogen (secondary N) is 1. The highest BCUT2D eigenvalue weighted by Gasteiger charge is 2.20. The van der Waals surface area contributed by atoms with Crippen LogP contribution in [0.5, 0.6) is 0 Å². The Labute approximate surface area is 117 Å². The van der Waals surface area contributed by atoms with E-state index in [2.05, 4.69) is 10.5 Å². The highest BCUT2D eigenvalue weighted by molar-refractivity contribution is 5.88. The lowest BCUT2D eigenvalue weighted by Crippen LogP contribution is -2.16. The first-order valence-corrected chi connectivity index (χ1v) is 6.59. The van der Waals surface area contributed by atoms with E-state index in [9.17, 15) is 4.79 Å².